The Balaban J connectivity index is 1.36. The first-order valence-electron chi connectivity index (χ1n) is 14.8. The van der Waals surface area contributed by atoms with Crippen molar-refractivity contribution in [2.45, 2.75) is 58.5 Å². The van der Waals surface area contributed by atoms with Gasteiger partial charge in [-0.3, -0.25) is 20.8 Å². The van der Waals surface area contributed by atoms with Gasteiger partial charge in [-0.25, -0.2) is 14.7 Å². The Morgan fingerprint density at radius 3 is 2.89 bits per heavy atom. The molecule has 0 fully saturated rings. The number of hydrogen-bond donors (Lipinski definition) is 6. The van der Waals surface area contributed by atoms with E-state index in [1.165, 1.54) is 0 Å². The number of carbonyl (C=O) groups is 2. The van der Waals surface area contributed by atoms with Gasteiger partial charge >= 0.3 is 12.3 Å². The van der Waals surface area contributed by atoms with Crippen molar-refractivity contribution in [2.24, 2.45) is 9.98 Å². The second-order valence-electron chi connectivity index (χ2n) is 11.5. The molecule has 5 heterocycles. The number of esters is 1. The standard InChI is InChI=1S/C30H35N7O7/c1-5-11-42-24-17-13-21(30(3,4)40)44-18(17)14-19-22(24)16(12-20(43-19)27(39)41-6-2)7-9-36-10-8-32-29(36)37-15-33-23-25(37)34-28(31)35-26(23)38/h7-8,10,12,14,21,29,32,40H,5-6,9,11,13,15H2,1-4H3,(H2,31,35,38)/p+2. The molecule has 1 aromatic rings. The van der Waals surface area contributed by atoms with Crippen LogP contribution >= 0.6 is 0 Å². The number of carbonyl (C=O) groups excluding carboxylic acids is 2. The van der Waals surface area contributed by atoms with Crippen LogP contribution in [0.3, 0.4) is 0 Å². The highest BCUT2D eigenvalue weighted by Crippen LogP contribution is 2.50. The smallest absolute Gasteiger partial charge is 0.374 e. The lowest BCUT2D eigenvalue weighted by molar-refractivity contribution is -1.05. The molecule has 6 N–H and O–H groups in total. The van der Waals surface area contributed by atoms with E-state index < -0.39 is 23.6 Å². The van der Waals surface area contributed by atoms with Gasteiger partial charge in [0.1, 0.15) is 36.1 Å². The highest BCUT2D eigenvalue weighted by Gasteiger charge is 2.46. The summed E-state index contributed by atoms with van der Waals surface area (Å²) in [5, 5.41) is 24.3. The second kappa shape index (κ2) is 11.5. The summed E-state index contributed by atoms with van der Waals surface area (Å²) in [6, 6.07) is 1.75. The van der Waals surface area contributed by atoms with Gasteiger partial charge in [0.05, 0.1) is 30.6 Å². The van der Waals surface area contributed by atoms with Crippen molar-refractivity contribution in [3.05, 3.63) is 47.5 Å². The van der Waals surface area contributed by atoms with Crippen LogP contribution in [0.5, 0.6) is 17.2 Å². The summed E-state index contributed by atoms with van der Waals surface area (Å²) in [5.74, 6) is 0.773. The van der Waals surface area contributed by atoms with Gasteiger partial charge in [0.25, 0.3) is 11.7 Å². The van der Waals surface area contributed by atoms with Crippen molar-refractivity contribution in [3.8, 4) is 17.2 Å². The van der Waals surface area contributed by atoms with E-state index >= 15 is 0 Å². The zero-order valence-electron chi connectivity index (χ0n) is 25.1. The summed E-state index contributed by atoms with van der Waals surface area (Å²) in [6.07, 6.45) is 7.95. The quantitative estimate of drug-likeness (QED) is 0.190. The maximum absolute atomic E-state index is 12.9. The van der Waals surface area contributed by atoms with Crippen molar-refractivity contribution in [2.75, 3.05) is 26.4 Å². The molecule has 1 aromatic carbocycles. The zero-order valence-corrected chi connectivity index (χ0v) is 25.1. The van der Waals surface area contributed by atoms with Crippen LogP contribution in [-0.2, 0) is 20.7 Å². The summed E-state index contributed by atoms with van der Waals surface area (Å²) < 4.78 is 23.8. The van der Waals surface area contributed by atoms with Gasteiger partial charge in [-0.15, -0.1) is 0 Å². The summed E-state index contributed by atoms with van der Waals surface area (Å²) in [6.45, 7) is 8.57. The number of ether oxygens (including phenoxy) is 4. The van der Waals surface area contributed by atoms with E-state index in [1.807, 2.05) is 25.4 Å². The molecule has 6 rings (SSSR count). The molecular formula is C30H37N7O7+2. The highest BCUT2D eigenvalue weighted by atomic mass is 16.6. The number of rotatable bonds is 9. The number of hydrogen-bond acceptors (Lipinski definition) is 10. The normalized spacial score (nSPS) is 25.9. The summed E-state index contributed by atoms with van der Waals surface area (Å²) in [7, 11) is 0. The second-order valence-corrected chi connectivity index (χ2v) is 11.5. The van der Waals surface area contributed by atoms with E-state index in [0.717, 1.165) is 21.8 Å². The Labute approximate surface area is 254 Å². The fourth-order valence-electron chi connectivity index (χ4n) is 5.77. The number of aliphatic hydroxyl groups is 1. The molecule has 5 aliphatic heterocycles. The third-order valence-corrected chi connectivity index (χ3v) is 7.92. The largest absolute Gasteiger partial charge is 0.492 e. The first-order chi connectivity index (χ1) is 21.1. The number of nitrogens with zero attached hydrogens (tertiary/aromatic N) is 2. The maximum atomic E-state index is 12.9. The van der Waals surface area contributed by atoms with Crippen LogP contribution in [0.1, 0.15) is 45.2 Å². The van der Waals surface area contributed by atoms with Crippen molar-refractivity contribution in [1.29, 1.82) is 5.41 Å². The number of nitrogens with one attached hydrogen (secondary N) is 5. The van der Waals surface area contributed by atoms with Gasteiger partial charge in [0.2, 0.25) is 17.4 Å². The van der Waals surface area contributed by atoms with E-state index in [4.69, 9.17) is 24.4 Å². The van der Waals surface area contributed by atoms with Crippen LogP contribution in [0.4, 0.5) is 0 Å². The third-order valence-electron chi connectivity index (χ3n) is 7.92. The molecule has 14 heteroatoms. The van der Waals surface area contributed by atoms with Crippen molar-refractivity contribution >= 4 is 35.0 Å². The highest BCUT2D eigenvalue weighted by molar-refractivity contribution is 6.68. The van der Waals surface area contributed by atoms with Crippen LogP contribution in [0.15, 0.2) is 46.4 Å². The summed E-state index contributed by atoms with van der Waals surface area (Å²) in [4.78, 5) is 35.6. The minimum absolute atomic E-state index is 0.0370. The molecule has 0 saturated carbocycles. The lowest BCUT2D eigenvalue weighted by Crippen LogP contribution is -3.36. The lowest BCUT2D eigenvalue weighted by atomic mass is 9.92. The number of amides is 1. The van der Waals surface area contributed by atoms with Gasteiger partial charge in [-0.2, -0.15) is 9.89 Å². The Morgan fingerprint density at radius 1 is 1.32 bits per heavy atom. The molecule has 232 valence electrons. The number of benzene rings is 1. The summed E-state index contributed by atoms with van der Waals surface area (Å²) in [5.41, 5.74) is 1.39. The van der Waals surface area contributed by atoms with E-state index in [0.29, 0.717) is 60.5 Å². The molecule has 0 bridgehead atoms. The van der Waals surface area contributed by atoms with Gasteiger partial charge in [0, 0.05) is 18.1 Å². The molecule has 4 unspecified atom stereocenters. The minimum Gasteiger partial charge on any atom is -0.492 e. The van der Waals surface area contributed by atoms with Gasteiger partial charge < -0.3 is 24.1 Å². The molecule has 0 spiro atoms. The van der Waals surface area contributed by atoms with E-state index in [-0.39, 0.29) is 30.3 Å². The van der Waals surface area contributed by atoms with Crippen LogP contribution in [0.25, 0.3) is 5.57 Å². The lowest BCUT2D eigenvalue weighted by Gasteiger charge is -2.26. The molecule has 0 aromatic heterocycles. The number of fused-ring (bicyclic) bond motifs is 3. The monoisotopic (exact) mass is 607 g/mol. The topological polar surface area (TPSA) is 173 Å². The van der Waals surface area contributed by atoms with Crippen LogP contribution in [-0.4, -0.2) is 78.9 Å². The Hall–Kier alpha value is -4.53. The predicted octanol–water partition coefficient (Wildman–Crippen LogP) is -1.22. The van der Waals surface area contributed by atoms with Crippen LogP contribution in [0, 0.1) is 5.41 Å². The molecule has 4 atom stereocenters. The number of aliphatic imine (C=N–C) groups is 2. The zero-order chi connectivity index (χ0) is 31.2. The van der Waals surface area contributed by atoms with Crippen molar-refractivity contribution < 1.29 is 43.4 Å². The number of quaternary nitrogens is 2. The first-order valence-corrected chi connectivity index (χ1v) is 14.8. The Bertz CT molecular complexity index is 1570. The van der Waals surface area contributed by atoms with Crippen molar-refractivity contribution in [1.82, 2.24) is 10.6 Å². The Morgan fingerprint density at radius 2 is 2.14 bits per heavy atom. The minimum atomic E-state index is -1.09. The van der Waals surface area contributed by atoms with E-state index in [1.54, 1.807) is 32.9 Å². The van der Waals surface area contributed by atoms with Crippen LogP contribution in [0.2, 0.25) is 0 Å². The van der Waals surface area contributed by atoms with E-state index in [9.17, 15) is 14.7 Å². The van der Waals surface area contributed by atoms with Gasteiger partial charge in [-0.1, -0.05) is 6.92 Å². The molecule has 14 nitrogen and oxygen atoms in total. The number of guanidine groups is 1. The fourth-order valence-corrected chi connectivity index (χ4v) is 5.77. The summed E-state index contributed by atoms with van der Waals surface area (Å²) >= 11 is 0. The fraction of sp³-hybridized carbons (Fsp3) is 0.433. The van der Waals surface area contributed by atoms with Crippen molar-refractivity contribution in [3.63, 3.8) is 0 Å². The maximum Gasteiger partial charge on any atom is 0.374 e. The number of amidine groups is 1. The molecule has 44 heavy (non-hydrogen) atoms. The van der Waals surface area contributed by atoms with Crippen LogP contribution < -0.4 is 34.6 Å². The molecule has 1 amide bonds. The predicted molar refractivity (Wildman–Crippen MR) is 158 cm³/mol. The SMILES string of the molecule is CCCOc1c2c(cc3c1C(=CC[NH+]1C=CNC1[NH+]1CN=C4C(=O)NC(=N)N=C41)C=C(C(=O)OCC)O3)OC(C(C)(C)O)C2. The third kappa shape index (κ3) is 5.36. The molecule has 5 aliphatic rings. The number of allylic oxidation sites excluding steroid dienone is 2. The van der Waals surface area contributed by atoms with E-state index in [2.05, 4.69) is 20.6 Å². The molecule has 0 saturated heterocycles. The Kier molecular flexibility index (Phi) is 7.73. The molecule has 0 radical (unpaired) electrons. The first kappa shape index (κ1) is 29.5. The molecular weight excluding hydrogens is 570 g/mol. The average Bonchev–Trinajstić information content (AvgIpc) is 3.72. The average molecular weight is 608 g/mol. The molecule has 0 aliphatic carbocycles. The van der Waals surface area contributed by atoms with Gasteiger partial charge in [-0.05, 0) is 44.9 Å². The van der Waals surface area contributed by atoms with Gasteiger partial charge in [0.15, 0.2) is 6.67 Å².